The molecule has 4 N–H and O–H groups in total. The molecule has 0 aromatic carbocycles. The second-order valence-corrected chi connectivity index (χ2v) is 2.92. The number of hydrogen-bond donors (Lipinski definition) is 3. The molecule has 0 bridgehead atoms. The number of hydrogen-bond acceptors (Lipinski definition) is 4. The number of nitriles is 1. The van der Waals surface area contributed by atoms with Gasteiger partial charge in [0.25, 0.3) is 0 Å². The zero-order valence-corrected chi connectivity index (χ0v) is 9.09. The van der Waals surface area contributed by atoms with Gasteiger partial charge < -0.3 is 15.9 Å². The van der Waals surface area contributed by atoms with Crippen LogP contribution in [0.15, 0.2) is 12.2 Å². The van der Waals surface area contributed by atoms with Crippen LogP contribution < -0.4 is 5.73 Å². The minimum Gasteiger partial charge on any atom is -0.478 e. The highest BCUT2D eigenvalue weighted by molar-refractivity contribution is 5.89. The van der Waals surface area contributed by atoms with Crippen molar-refractivity contribution < 1.29 is 19.8 Å². The van der Waals surface area contributed by atoms with Crippen LogP contribution >= 0.6 is 0 Å². The smallest absolute Gasteiger partial charge is 0.328 e. The van der Waals surface area contributed by atoms with E-state index in [-0.39, 0.29) is 6.04 Å². The van der Waals surface area contributed by atoms with Crippen LogP contribution in [-0.2, 0) is 9.59 Å². The van der Waals surface area contributed by atoms with Crippen LogP contribution in [-0.4, -0.2) is 28.2 Å². The van der Waals surface area contributed by atoms with E-state index in [2.05, 4.69) is 6.92 Å². The maximum Gasteiger partial charge on any atom is 0.328 e. The van der Waals surface area contributed by atoms with Crippen molar-refractivity contribution in [2.75, 3.05) is 0 Å². The molecule has 0 radical (unpaired) electrons. The molecule has 6 heteroatoms. The third kappa shape index (κ3) is 18.0. The number of nitrogens with zero attached hydrogens (tertiary/aromatic N) is 1. The Morgan fingerprint density at radius 2 is 1.81 bits per heavy atom. The van der Waals surface area contributed by atoms with Gasteiger partial charge in [0, 0.05) is 18.2 Å². The fraction of sp³-hybridized carbons (Fsp3) is 0.500. The molecule has 0 spiro atoms. The Bertz CT molecular complexity index is 265. The Kier molecular flexibility index (Phi) is 11.6. The average molecular weight is 228 g/mol. The van der Waals surface area contributed by atoms with Crippen LogP contribution in [0.4, 0.5) is 0 Å². The summed E-state index contributed by atoms with van der Waals surface area (Å²) in [6, 6.07) is 2.13. The number of aliphatic carboxylic acids is 2. The van der Waals surface area contributed by atoms with Gasteiger partial charge >= 0.3 is 11.9 Å². The summed E-state index contributed by atoms with van der Waals surface area (Å²) in [7, 11) is 0. The first kappa shape index (κ1) is 16.6. The second-order valence-electron chi connectivity index (χ2n) is 2.92. The number of carboxylic acid groups (broad SMARTS) is 2. The molecule has 0 amide bonds. The van der Waals surface area contributed by atoms with Gasteiger partial charge in [-0.25, -0.2) is 9.59 Å². The SMILES string of the molecule is CCCC(N)CC#N.O=C(O)/C=C/C(=O)O. The van der Waals surface area contributed by atoms with Crippen molar-refractivity contribution in [2.45, 2.75) is 32.2 Å². The van der Waals surface area contributed by atoms with Crippen LogP contribution in [0.2, 0.25) is 0 Å². The minimum absolute atomic E-state index is 0.102. The molecular formula is C10H16N2O4. The van der Waals surface area contributed by atoms with Crippen molar-refractivity contribution in [3.05, 3.63) is 12.2 Å². The van der Waals surface area contributed by atoms with E-state index in [9.17, 15) is 9.59 Å². The third-order valence-electron chi connectivity index (χ3n) is 1.38. The first-order chi connectivity index (χ1) is 7.43. The van der Waals surface area contributed by atoms with Gasteiger partial charge in [0.05, 0.1) is 12.5 Å². The van der Waals surface area contributed by atoms with E-state index in [4.69, 9.17) is 21.2 Å². The number of nitrogens with two attached hydrogens (primary N) is 1. The van der Waals surface area contributed by atoms with Crippen LogP contribution in [0.1, 0.15) is 26.2 Å². The predicted molar refractivity (Wildman–Crippen MR) is 57.5 cm³/mol. The summed E-state index contributed by atoms with van der Waals surface area (Å²) in [6.07, 6.45) is 3.65. The number of rotatable bonds is 5. The molecule has 6 nitrogen and oxygen atoms in total. The lowest BCUT2D eigenvalue weighted by atomic mass is 10.1. The van der Waals surface area contributed by atoms with E-state index in [0.29, 0.717) is 18.6 Å². The molecule has 0 rings (SSSR count). The Labute approximate surface area is 94.0 Å². The van der Waals surface area contributed by atoms with Crippen molar-refractivity contribution in [3.8, 4) is 6.07 Å². The summed E-state index contributed by atoms with van der Waals surface area (Å²) in [6.45, 7) is 2.07. The van der Waals surface area contributed by atoms with Gasteiger partial charge in [0.15, 0.2) is 0 Å². The molecule has 1 atom stereocenters. The molecule has 1 unspecified atom stereocenters. The first-order valence-electron chi connectivity index (χ1n) is 4.70. The van der Waals surface area contributed by atoms with Gasteiger partial charge in [0.1, 0.15) is 0 Å². The largest absolute Gasteiger partial charge is 0.478 e. The highest BCUT2D eigenvalue weighted by Gasteiger charge is 1.96. The molecule has 0 saturated carbocycles. The lowest BCUT2D eigenvalue weighted by Gasteiger charge is -2.01. The van der Waals surface area contributed by atoms with Crippen molar-refractivity contribution in [1.29, 1.82) is 5.26 Å². The Balaban J connectivity index is 0. The predicted octanol–water partition coefficient (Wildman–Crippen LogP) is 0.739. The summed E-state index contributed by atoms with van der Waals surface area (Å²) in [5, 5.41) is 23.8. The second kappa shape index (κ2) is 11.2. The van der Waals surface area contributed by atoms with Gasteiger partial charge in [-0.2, -0.15) is 5.26 Å². The molecule has 0 aliphatic heterocycles. The molecular weight excluding hydrogens is 212 g/mol. The Morgan fingerprint density at radius 1 is 1.38 bits per heavy atom. The van der Waals surface area contributed by atoms with Crippen molar-refractivity contribution >= 4 is 11.9 Å². The average Bonchev–Trinajstić information content (AvgIpc) is 2.16. The number of carboxylic acids is 2. The summed E-state index contributed by atoms with van der Waals surface area (Å²) in [4.78, 5) is 19.1. The van der Waals surface area contributed by atoms with Crippen molar-refractivity contribution in [3.63, 3.8) is 0 Å². The monoisotopic (exact) mass is 228 g/mol. The molecule has 16 heavy (non-hydrogen) atoms. The third-order valence-corrected chi connectivity index (χ3v) is 1.38. The van der Waals surface area contributed by atoms with Crippen LogP contribution in [0, 0.1) is 11.3 Å². The maximum atomic E-state index is 9.55. The van der Waals surface area contributed by atoms with E-state index in [1.807, 2.05) is 6.07 Å². The zero-order chi connectivity index (χ0) is 13.0. The highest BCUT2D eigenvalue weighted by atomic mass is 16.4. The number of carbonyl (C=O) groups is 2. The first-order valence-corrected chi connectivity index (χ1v) is 4.70. The van der Waals surface area contributed by atoms with Gasteiger partial charge in [-0.05, 0) is 6.42 Å². The lowest BCUT2D eigenvalue weighted by Crippen LogP contribution is -2.17. The summed E-state index contributed by atoms with van der Waals surface area (Å²) in [5.74, 6) is -2.51. The van der Waals surface area contributed by atoms with E-state index in [1.54, 1.807) is 0 Å². The molecule has 90 valence electrons. The summed E-state index contributed by atoms with van der Waals surface area (Å²) >= 11 is 0. The molecule has 0 saturated heterocycles. The van der Waals surface area contributed by atoms with Crippen LogP contribution in [0.3, 0.4) is 0 Å². The van der Waals surface area contributed by atoms with Crippen molar-refractivity contribution in [2.24, 2.45) is 5.73 Å². The molecule has 0 fully saturated rings. The molecule has 0 aliphatic rings. The fourth-order valence-electron chi connectivity index (χ4n) is 0.733. The van der Waals surface area contributed by atoms with E-state index in [0.717, 1.165) is 12.8 Å². The standard InChI is InChI=1S/C6H12N2.C4H4O4/c1-2-3-6(8)4-5-7;5-3(6)1-2-4(7)8/h6H,2-4,8H2,1H3;1-2H,(H,5,6)(H,7,8)/b;2-1+. The highest BCUT2D eigenvalue weighted by Crippen LogP contribution is 1.95. The van der Waals surface area contributed by atoms with Gasteiger partial charge in [0.2, 0.25) is 0 Å². The van der Waals surface area contributed by atoms with E-state index >= 15 is 0 Å². The van der Waals surface area contributed by atoms with Crippen LogP contribution in [0.25, 0.3) is 0 Å². The quantitative estimate of drug-likeness (QED) is 0.596. The lowest BCUT2D eigenvalue weighted by molar-refractivity contribution is -0.134. The van der Waals surface area contributed by atoms with E-state index < -0.39 is 11.9 Å². The fourth-order valence-corrected chi connectivity index (χ4v) is 0.733. The topological polar surface area (TPSA) is 124 Å². The zero-order valence-electron chi connectivity index (χ0n) is 9.09. The maximum absolute atomic E-state index is 9.55. The van der Waals surface area contributed by atoms with Crippen molar-refractivity contribution in [1.82, 2.24) is 0 Å². The molecule has 0 heterocycles. The molecule has 0 aromatic rings. The molecule has 0 aliphatic carbocycles. The summed E-state index contributed by atoms with van der Waals surface area (Å²) < 4.78 is 0. The Morgan fingerprint density at radius 3 is 2.06 bits per heavy atom. The van der Waals surface area contributed by atoms with E-state index in [1.165, 1.54) is 0 Å². The van der Waals surface area contributed by atoms with Gasteiger partial charge in [-0.3, -0.25) is 0 Å². The van der Waals surface area contributed by atoms with Crippen LogP contribution in [0.5, 0.6) is 0 Å². The van der Waals surface area contributed by atoms with Gasteiger partial charge in [-0.1, -0.05) is 13.3 Å². The normalized spacial score (nSPS) is 11.1. The summed E-state index contributed by atoms with van der Waals surface area (Å²) in [5.41, 5.74) is 5.47. The Hall–Kier alpha value is -1.87. The minimum atomic E-state index is -1.26. The van der Waals surface area contributed by atoms with Gasteiger partial charge in [-0.15, -0.1) is 0 Å². The molecule has 0 aromatic heterocycles.